The van der Waals surface area contributed by atoms with Gasteiger partial charge in [0, 0.05) is 31.1 Å². The average Bonchev–Trinajstić information content (AvgIpc) is 2.53. The van der Waals surface area contributed by atoms with E-state index in [1.165, 1.54) is 12.5 Å². The van der Waals surface area contributed by atoms with Gasteiger partial charge in [0.25, 0.3) is 0 Å². The second-order valence-electron chi connectivity index (χ2n) is 5.72. The molecule has 2 amide bonds. The summed E-state index contributed by atoms with van der Waals surface area (Å²) in [6.07, 6.45) is 9.73. The lowest BCUT2D eigenvalue weighted by Gasteiger charge is -2.35. The van der Waals surface area contributed by atoms with Crippen molar-refractivity contribution in [2.24, 2.45) is 0 Å². The molecule has 5 heteroatoms. The SMILES string of the molecule is CC(NC(=O)/C=C/c1ccncc1)C(=O)N1CCCCC1C. The fourth-order valence-electron chi connectivity index (χ4n) is 2.64. The molecule has 1 saturated heterocycles. The normalized spacial score (nSPS) is 19.9. The number of likely N-dealkylation sites (tertiary alicyclic amines) is 1. The van der Waals surface area contributed by atoms with Crippen molar-refractivity contribution in [1.29, 1.82) is 0 Å². The number of carbonyl (C=O) groups is 2. The standard InChI is InChI=1S/C17H23N3O2/c1-13-5-3-4-12-20(13)17(22)14(2)19-16(21)7-6-15-8-10-18-11-9-15/h6-11,13-14H,3-5,12H2,1-2H3,(H,19,21)/b7-6+. The van der Waals surface area contributed by atoms with Gasteiger partial charge < -0.3 is 10.2 Å². The molecule has 0 radical (unpaired) electrons. The van der Waals surface area contributed by atoms with Crippen molar-refractivity contribution in [2.45, 2.75) is 45.2 Å². The molecule has 2 heterocycles. The average molecular weight is 301 g/mol. The van der Waals surface area contributed by atoms with Gasteiger partial charge in [0.1, 0.15) is 6.04 Å². The van der Waals surface area contributed by atoms with E-state index in [4.69, 9.17) is 0 Å². The number of piperidine rings is 1. The highest BCUT2D eigenvalue weighted by molar-refractivity contribution is 5.95. The first-order valence-corrected chi connectivity index (χ1v) is 7.77. The number of pyridine rings is 1. The van der Waals surface area contributed by atoms with E-state index in [0.717, 1.165) is 24.9 Å². The second-order valence-corrected chi connectivity index (χ2v) is 5.72. The van der Waals surface area contributed by atoms with Crippen LogP contribution in [-0.2, 0) is 9.59 Å². The van der Waals surface area contributed by atoms with E-state index in [2.05, 4.69) is 17.2 Å². The number of aromatic nitrogens is 1. The van der Waals surface area contributed by atoms with Gasteiger partial charge in [-0.3, -0.25) is 14.6 Å². The van der Waals surface area contributed by atoms with E-state index >= 15 is 0 Å². The van der Waals surface area contributed by atoms with E-state index in [-0.39, 0.29) is 17.9 Å². The van der Waals surface area contributed by atoms with Gasteiger partial charge in [0.05, 0.1) is 0 Å². The van der Waals surface area contributed by atoms with Crippen molar-refractivity contribution >= 4 is 17.9 Å². The van der Waals surface area contributed by atoms with Gasteiger partial charge in [-0.15, -0.1) is 0 Å². The third-order valence-corrected chi connectivity index (χ3v) is 3.95. The number of nitrogens with zero attached hydrogens (tertiary/aromatic N) is 2. The van der Waals surface area contributed by atoms with Crippen LogP contribution in [0.1, 0.15) is 38.7 Å². The summed E-state index contributed by atoms with van der Waals surface area (Å²) in [6.45, 7) is 4.59. The molecule has 1 aromatic rings. The van der Waals surface area contributed by atoms with Crippen LogP contribution < -0.4 is 5.32 Å². The molecule has 22 heavy (non-hydrogen) atoms. The molecular weight excluding hydrogens is 278 g/mol. The molecule has 1 aliphatic heterocycles. The first-order valence-electron chi connectivity index (χ1n) is 7.77. The van der Waals surface area contributed by atoms with Gasteiger partial charge in [0.2, 0.25) is 11.8 Å². The summed E-state index contributed by atoms with van der Waals surface area (Å²) >= 11 is 0. The number of nitrogens with one attached hydrogen (secondary N) is 1. The maximum Gasteiger partial charge on any atom is 0.245 e. The largest absolute Gasteiger partial charge is 0.341 e. The van der Waals surface area contributed by atoms with Crippen molar-refractivity contribution in [3.63, 3.8) is 0 Å². The highest BCUT2D eigenvalue weighted by Gasteiger charge is 2.27. The molecule has 0 aromatic carbocycles. The van der Waals surface area contributed by atoms with Crippen molar-refractivity contribution < 1.29 is 9.59 Å². The van der Waals surface area contributed by atoms with E-state index < -0.39 is 6.04 Å². The third kappa shape index (κ3) is 4.41. The van der Waals surface area contributed by atoms with Crippen LogP contribution >= 0.6 is 0 Å². The summed E-state index contributed by atoms with van der Waals surface area (Å²) in [5.74, 6) is -0.264. The Morgan fingerprint density at radius 2 is 2.09 bits per heavy atom. The maximum absolute atomic E-state index is 12.4. The van der Waals surface area contributed by atoms with Crippen LogP contribution in [0.5, 0.6) is 0 Å². The van der Waals surface area contributed by atoms with Crippen LogP contribution in [0.25, 0.3) is 6.08 Å². The summed E-state index contributed by atoms with van der Waals surface area (Å²) < 4.78 is 0. The molecule has 0 aliphatic carbocycles. The molecule has 2 rings (SSSR count). The molecular formula is C17H23N3O2. The van der Waals surface area contributed by atoms with Crippen molar-refractivity contribution in [3.8, 4) is 0 Å². The minimum Gasteiger partial charge on any atom is -0.341 e. The van der Waals surface area contributed by atoms with Crippen molar-refractivity contribution in [2.75, 3.05) is 6.54 Å². The molecule has 0 saturated carbocycles. The first-order chi connectivity index (χ1) is 10.6. The van der Waals surface area contributed by atoms with Crippen LogP contribution in [0.4, 0.5) is 0 Å². The van der Waals surface area contributed by atoms with Crippen LogP contribution in [0, 0.1) is 0 Å². The number of hydrogen-bond acceptors (Lipinski definition) is 3. The zero-order chi connectivity index (χ0) is 15.9. The smallest absolute Gasteiger partial charge is 0.245 e. The summed E-state index contributed by atoms with van der Waals surface area (Å²) in [6, 6.07) is 3.38. The summed E-state index contributed by atoms with van der Waals surface area (Å²) in [5, 5.41) is 2.74. The van der Waals surface area contributed by atoms with E-state index in [9.17, 15) is 9.59 Å². The summed E-state index contributed by atoms with van der Waals surface area (Å²) in [5.41, 5.74) is 0.897. The van der Waals surface area contributed by atoms with Gasteiger partial charge >= 0.3 is 0 Å². The Hall–Kier alpha value is -2.17. The topological polar surface area (TPSA) is 62.3 Å². The van der Waals surface area contributed by atoms with Gasteiger partial charge in [0.15, 0.2) is 0 Å². The molecule has 1 fully saturated rings. The Bertz CT molecular complexity index is 542. The molecule has 0 spiro atoms. The number of carbonyl (C=O) groups excluding carboxylic acids is 2. The summed E-state index contributed by atoms with van der Waals surface area (Å²) in [4.78, 5) is 30.1. The fourth-order valence-corrected chi connectivity index (χ4v) is 2.64. The zero-order valence-electron chi connectivity index (χ0n) is 13.2. The molecule has 5 nitrogen and oxygen atoms in total. The van der Waals surface area contributed by atoms with Gasteiger partial charge in [-0.1, -0.05) is 0 Å². The third-order valence-electron chi connectivity index (χ3n) is 3.95. The Morgan fingerprint density at radius 1 is 1.36 bits per heavy atom. The lowest BCUT2D eigenvalue weighted by Crippen LogP contribution is -2.51. The Morgan fingerprint density at radius 3 is 2.77 bits per heavy atom. The minimum absolute atomic E-state index is 0.00198. The van der Waals surface area contributed by atoms with Crippen LogP contribution in [-0.4, -0.2) is 40.3 Å². The molecule has 118 valence electrons. The fraction of sp³-hybridized carbons (Fsp3) is 0.471. The number of rotatable bonds is 4. The lowest BCUT2D eigenvalue weighted by atomic mass is 10.0. The quantitative estimate of drug-likeness (QED) is 0.865. The highest BCUT2D eigenvalue weighted by atomic mass is 16.2. The molecule has 2 atom stereocenters. The lowest BCUT2D eigenvalue weighted by molar-refractivity contribution is -0.138. The van der Waals surface area contributed by atoms with E-state index in [1.807, 2.05) is 17.0 Å². The predicted molar refractivity (Wildman–Crippen MR) is 85.9 cm³/mol. The maximum atomic E-state index is 12.4. The monoisotopic (exact) mass is 301 g/mol. The summed E-state index contributed by atoms with van der Waals surface area (Å²) in [7, 11) is 0. The van der Waals surface area contributed by atoms with Crippen molar-refractivity contribution in [1.82, 2.24) is 15.2 Å². The minimum atomic E-state index is -0.504. The Labute approximate surface area is 131 Å². The predicted octanol–water partition coefficient (Wildman–Crippen LogP) is 2.00. The molecule has 2 unspecified atom stereocenters. The zero-order valence-corrected chi connectivity index (χ0v) is 13.2. The highest BCUT2D eigenvalue weighted by Crippen LogP contribution is 2.17. The first kappa shape index (κ1) is 16.2. The van der Waals surface area contributed by atoms with Crippen LogP contribution in [0.3, 0.4) is 0 Å². The number of hydrogen-bond donors (Lipinski definition) is 1. The van der Waals surface area contributed by atoms with Crippen molar-refractivity contribution in [3.05, 3.63) is 36.2 Å². The van der Waals surface area contributed by atoms with Gasteiger partial charge in [-0.2, -0.15) is 0 Å². The molecule has 1 aliphatic rings. The molecule has 1 N–H and O–H groups in total. The second kappa shape index (κ2) is 7.73. The van der Waals surface area contributed by atoms with Crippen LogP contribution in [0.2, 0.25) is 0 Å². The Balaban J connectivity index is 1.88. The van der Waals surface area contributed by atoms with Gasteiger partial charge in [-0.05, 0) is 56.9 Å². The van der Waals surface area contributed by atoms with Crippen LogP contribution in [0.15, 0.2) is 30.6 Å². The van der Waals surface area contributed by atoms with Gasteiger partial charge in [-0.25, -0.2) is 0 Å². The molecule has 0 bridgehead atoms. The molecule has 1 aromatic heterocycles. The Kier molecular flexibility index (Phi) is 5.69. The van der Waals surface area contributed by atoms with E-state index in [1.54, 1.807) is 25.4 Å². The van der Waals surface area contributed by atoms with E-state index in [0.29, 0.717) is 0 Å². The number of amides is 2.